The van der Waals surface area contributed by atoms with Gasteiger partial charge in [0.05, 0.1) is 17.5 Å². The first kappa shape index (κ1) is 16.7. The summed E-state index contributed by atoms with van der Waals surface area (Å²) >= 11 is 0. The first-order valence-corrected chi connectivity index (χ1v) is 10.2. The van der Waals surface area contributed by atoms with Crippen LogP contribution in [0.4, 0.5) is 5.69 Å². The predicted molar refractivity (Wildman–Crippen MR) is 112 cm³/mol. The number of carbonyl (C=O) groups excluding carboxylic acids is 2. The second kappa shape index (κ2) is 5.66. The van der Waals surface area contributed by atoms with Crippen LogP contribution in [0.25, 0.3) is 0 Å². The summed E-state index contributed by atoms with van der Waals surface area (Å²) in [6, 6.07) is 22.6. The molecule has 1 saturated heterocycles. The van der Waals surface area contributed by atoms with Crippen molar-refractivity contribution in [2.24, 2.45) is 11.8 Å². The van der Waals surface area contributed by atoms with E-state index in [9.17, 15) is 9.59 Å². The molecule has 1 aliphatic heterocycles. The number of imide groups is 1. The van der Waals surface area contributed by atoms with Crippen LogP contribution in [0.2, 0.25) is 0 Å². The quantitative estimate of drug-likeness (QED) is 0.575. The molecular formula is C26H21NO2. The van der Waals surface area contributed by atoms with Gasteiger partial charge in [0.15, 0.2) is 0 Å². The lowest BCUT2D eigenvalue weighted by Crippen LogP contribution is -2.41. The van der Waals surface area contributed by atoms with E-state index in [1.165, 1.54) is 27.2 Å². The molecule has 0 saturated carbocycles. The number of benzene rings is 3. The zero-order chi connectivity index (χ0) is 19.9. The van der Waals surface area contributed by atoms with Gasteiger partial charge in [0.1, 0.15) is 0 Å². The van der Waals surface area contributed by atoms with E-state index in [0.29, 0.717) is 0 Å². The lowest BCUT2D eigenvalue weighted by Gasteiger charge is -2.45. The molecule has 3 aromatic rings. The Balaban J connectivity index is 1.60. The minimum absolute atomic E-state index is 0.0450. The Hall–Kier alpha value is -3.20. The van der Waals surface area contributed by atoms with Gasteiger partial charge in [0.25, 0.3) is 0 Å². The van der Waals surface area contributed by atoms with Gasteiger partial charge in [-0.15, -0.1) is 0 Å². The highest BCUT2D eigenvalue weighted by molar-refractivity contribution is 6.24. The summed E-state index contributed by atoms with van der Waals surface area (Å²) in [4.78, 5) is 29.0. The van der Waals surface area contributed by atoms with Gasteiger partial charge in [0, 0.05) is 11.8 Å². The van der Waals surface area contributed by atoms with Crippen molar-refractivity contribution in [1.29, 1.82) is 0 Å². The van der Waals surface area contributed by atoms with Crippen LogP contribution in [0, 0.1) is 25.7 Å². The number of hydrogen-bond acceptors (Lipinski definition) is 2. The van der Waals surface area contributed by atoms with Crippen molar-refractivity contribution in [3.8, 4) is 0 Å². The average Bonchev–Trinajstić information content (AvgIpc) is 2.99. The molecule has 0 N–H and O–H groups in total. The maximum Gasteiger partial charge on any atom is 0.238 e. The third-order valence-electron chi connectivity index (χ3n) is 7.11. The van der Waals surface area contributed by atoms with Gasteiger partial charge >= 0.3 is 0 Å². The summed E-state index contributed by atoms with van der Waals surface area (Å²) in [7, 11) is 0. The molecule has 3 nitrogen and oxygen atoms in total. The van der Waals surface area contributed by atoms with Gasteiger partial charge in [-0.1, -0.05) is 66.7 Å². The molecule has 2 atom stereocenters. The van der Waals surface area contributed by atoms with Crippen LogP contribution in [-0.4, -0.2) is 11.8 Å². The van der Waals surface area contributed by atoms with E-state index < -0.39 is 0 Å². The van der Waals surface area contributed by atoms with E-state index >= 15 is 0 Å². The second-order valence-electron chi connectivity index (χ2n) is 8.52. The van der Waals surface area contributed by atoms with Crippen LogP contribution in [-0.2, 0) is 9.59 Å². The molecule has 3 aromatic carbocycles. The Morgan fingerprint density at radius 2 is 0.966 bits per heavy atom. The topological polar surface area (TPSA) is 37.4 Å². The number of anilines is 1. The molecule has 2 unspecified atom stereocenters. The van der Waals surface area contributed by atoms with E-state index in [1.54, 1.807) is 0 Å². The zero-order valence-electron chi connectivity index (χ0n) is 16.4. The summed E-state index contributed by atoms with van der Waals surface area (Å²) in [6.07, 6.45) is 0. The molecule has 2 amide bonds. The maximum atomic E-state index is 13.8. The molecule has 7 rings (SSSR count). The van der Waals surface area contributed by atoms with E-state index in [1.807, 2.05) is 56.3 Å². The molecule has 0 radical (unpaired) electrons. The molecule has 1 fully saturated rings. The van der Waals surface area contributed by atoms with Gasteiger partial charge in [-0.25, -0.2) is 4.90 Å². The fraction of sp³-hybridized carbons (Fsp3) is 0.231. The maximum absolute atomic E-state index is 13.8. The monoisotopic (exact) mass is 379 g/mol. The van der Waals surface area contributed by atoms with Crippen molar-refractivity contribution in [2.45, 2.75) is 25.7 Å². The van der Waals surface area contributed by atoms with Crippen LogP contribution in [0.1, 0.15) is 45.2 Å². The van der Waals surface area contributed by atoms with Crippen molar-refractivity contribution in [3.05, 3.63) is 100 Å². The van der Waals surface area contributed by atoms with Gasteiger partial charge < -0.3 is 0 Å². The Labute approximate surface area is 170 Å². The summed E-state index contributed by atoms with van der Waals surface area (Å²) < 4.78 is 0. The van der Waals surface area contributed by atoms with E-state index in [2.05, 4.69) is 24.3 Å². The Kier molecular flexibility index (Phi) is 3.27. The summed E-state index contributed by atoms with van der Waals surface area (Å²) in [5.41, 5.74) is 7.54. The van der Waals surface area contributed by atoms with Gasteiger partial charge in [-0.2, -0.15) is 0 Å². The van der Waals surface area contributed by atoms with Crippen molar-refractivity contribution in [2.75, 3.05) is 4.90 Å². The standard InChI is InChI=1S/C26H21NO2/c1-14-8-7-9-15(2)24(14)27-25(28)22-20-16-10-3-4-11-17(16)21(23(22)26(27)29)19-13-6-5-12-18(19)20/h3-13,20-23H,1-2H3. The minimum atomic E-state index is -0.323. The number of carbonyl (C=O) groups is 2. The zero-order valence-corrected chi connectivity index (χ0v) is 16.4. The fourth-order valence-electron chi connectivity index (χ4n) is 6.06. The number of para-hydroxylation sites is 1. The lowest BCUT2D eigenvalue weighted by atomic mass is 9.55. The Bertz CT molecular complexity index is 1080. The van der Waals surface area contributed by atoms with Crippen LogP contribution < -0.4 is 4.90 Å². The smallest absolute Gasteiger partial charge is 0.238 e. The van der Waals surface area contributed by atoms with E-state index in [4.69, 9.17) is 0 Å². The molecule has 29 heavy (non-hydrogen) atoms. The number of amides is 2. The number of nitrogens with zero attached hydrogens (tertiary/aromatic N) is 1. The first-order valence-electron chi connectivity index (χ1n) is 10.2. The van der Waals surface area contributed by atoms with Gasteiger partial charge in [0.2, 0.25) is 11.8 Å². The predicted octanol–water partition coefficient (Wildman–Crippen LogP) is 4.70. The Morgan fingerprint density at radius 1 is 0.586 bits per heavy atom. The van der Waals surface area contributed by atoms with Crippen LogP contribution in [0.5, 0.6) is 0 Å². The number of rotatable bonds is 1. The average molecular weight is 379 g/mol. The van der Waals surface area contributed by atoms with Crippen LogP contribution in [0.15, 0.2) is 66.7 Å². The highest BCUT2D eigenvalue weighted by atomic mass is 16.2. The summed E-state index contributed by atoms with van der Waals surface area (Å²) in [5.74, 6) is -0.841. The Morgan fingerprint density at radius 3 is 1.34 bits per heavy atom. The third-order valence-corrected chi connectivity index (χ3v) is 7.11. The summed E-state index contributed by atoms with van der Waals surface area (Å²) in [5, 5.41) is 0. The van der Waals surface area contributed by atoms with E-state index in [0.717, 1.165) is 16.8 Å². The molecular weight excluding hydrogens is 358 g/mol. The van der Waals surface area contributed by atoms with Crippen molar-refractivity contribution < 1.29 is 9.59 Å². The molecule has 0 aromatic heterocycles. The second-order valence-corrected chi connectivity index (χ2v) is 8.52. The van der Waals surface area contributed by atoms with Crippen molar-refractivity contribution in [1.82, 2.24) is 0 Å². The number of hydrogen-bond donors (Lipinski definition) is 0. The molecule has 4 aliphatic rings. The van der Waals surface area contributed by atoms with Gasteiger partial charge in [-0.05, 0) is 47.2 Å². The molecule has 3 heteroatoms. The third kappa shape index (κ3) is 1.97. The first-order chi connectivity index (χ1) is 14.1. The molecule has 142 valence electrons. The fourth-order valence-corrected chi connectivity index (χ4v) is 6.06. The number of aryl methyl sites for hydroxylation is 2. The lowest BCUT2D eigenvalue weighted by molar-refractivity contribution is -0.122. The highest BCUT2D eigenvalue weighted by Gasteiger charge is 2.61. The molecule has 2 bridgehead atoms. The largest absolute Gasteiger partial charge is 0.274 e. The van der Waals surface area contributed by atoms with Crippen molar-refractivity contribution in [3.63, 3.8) is 0 Å². The SMILES string of the molecule is Cc1cccc(C)c1N1C(=O)C2C3c4ccccc4C(c4ccccc43)C2C1=O. The molecule has 0 spiro atoms. The summed E-state index contributed by atoms with van der Waals surface area (Å²) in [6.45, 7) is 3.95. The molecule has 1 heterocycles. The molecule has 3 aliphatic carbocycles. The normalized spacial score (nSPS) is 26.3. The minimum Gasteiger partial charge on any atom is -0.274 e. The van der Waals surface area contributed by atoms with Crippen molar-refractivity contribution >= 4 is 17.5 Å². The van der Waals surface area contributed by atoms with Gasteiger partial charge in [-0.3, -0.25) is 9.59 Å². The van der Waals surface area contributed by atoms with Crippen LogP contribution in [0.3, 0.4) is 0 Å². The highest BCUT2D eigenvalue weighted by Crippen LogP contribution is 2.61. The van der Waals surface area contributed by atoms with Crippen LogP contribution >= 0.6 is 0 Å². The van der Waals surface area contributed by atoms with E-state index in [-0.39, 0.29) is 35.5 Å².